The van der Waals surface area contributed by atoms with E-state index in [-0.39, 0.29) is 0 Å². The fourth-order valence-electron chi connectivity index (χ4n) is 2.62. The second-order valence-electron chi connectivity index (χ2n) is 6.32. The normalized spacial score (nSPS) is 25.4. The molecular weight excluding hydrogens is 184 g/mol. The van der Waals surface area contributed by atoms with Crippen molar-refractivity contribution < 1.29 is 0 Å². The Morgan fingerprint density at radius 1 is 1.40 bits per heavy atom. The molecule has 1 atom stereocenters. The largest absolute Gasteiger partial charge is 0.319 e. The summed E-state index contributed by atoms with van der Waals surface area (Å²) in [6, 6.07) is 0. The van der Waals surface area contributed by atoms with E-state index >= 15 is 0 Å². The third-order valence-electron chi connectivity index (χ3n) is 3.82. The molecule has 1 N–H and O–H groups in total. The van der Waals surface area contributed by atoms with Crippen molar-refractivity contribution in [3.63, 3.8) is 0 Å². The number of nitrogens with zero attached hydrogens (tertiary/aromatic N) is 1. The van der Waals surface area contributed by atoms with E-state index in [1.54, 1.807) is 0 Å². The van der Waals surface area contributed by atoms with E-state index in [0.29, 0.717) is 10.8 Å². The van der Waals surface area contributed by atoms with Crippen molar-refractivity contribution in [2.24, 2.45) is 10.8 Å². The number of nitrogens with one attached hydrogen (secondary N) is 1. The van der Waals surface area contributed by atoms with Crippen molar-refractivity contribution in [3.05, 3.63) is 0 Å². The minimum absolute atomic E-state index is 0.440. The zero-order chi connectivity index (χ0) is 11.5. The molecule has 1 saturated heterocycles. The zero-order valence-corrected chi connectivity index (χ0v) is 11.2. The molecule has 15 heavy (non-hydrogen) atoms. The predicted octanol–water partition coefficient (Wildman–Crippen LogP) is 2.35. The highest BCUT2D eigenvalue weighted by Crippen LogP contribution is 2.32. The van der Waals surface area contributed by atoms with Crippen molar-refractivity contribution in [3.8, 4) is 0 Å². The lowest BCUT2D eigenvalue weighted by Crippen LogP contribution is -2.40. The molecule has 1 rings (SSSR count). The lowest BCUT2D eigenvalue weighted by Gasteiger charge is -2.33. The third-order valence-corrected chi connectivity index (χ3v) is 3.82. The molecule has 0 aromatic carbocycles. The Morgan fingerprint density at radius 2 is 2.07 bits per heavy atom. The van der Waals surface area contributed by atoms with Crippen LogP contribution < -0.4 is 5.32 Å². The summed E-state index contributed by atoms with van der Waals surface area (Å²) < 4.78 is 0. The van der Waals surface area contributed by atoms with Crippen LogP contribution in [-0.4, -0.2) is 38.1 Å². The maximum atomic E-state index is 3.33. The van der Waals surface area contributed by atoms with Crippen LogP contribution in [0.15, 0.2) is 0 Å². The number of hydrogen-bond acceptors (Lipinski definition) is 2. The van der Waals surface area contributed by atoms with Gasteiger partial charge in [0, 0.05) is 19.6 Å². The van der Waals surface area contributed by atoms with Crippen LogP contribution in [0.5, 0.6) is 0 Å². The zero-order valence-electron chi connectivity index (χ0n) is 11.2. The SMILES string of the molecule is CCC(C)(CNC)CN1CCC(C)(C)C1. The summed E-state index contributed by atoms with van der Waals surface area (Å²) >= 11 is 0. The van der Waals surface area contributed by atoms with Crippen LogP contribution in [0.2, 0.25) is 0 Å². The van der Waals surface area contributed by atoms with Crippen molar-refractivity contribution in [1.82, 2.24) is 10.2 Å². The molecule has 0 aromatic rings. The maximum Gasteiger partial charge on any atom is 0.00476 e. The molecule has 1 aliphatic heterocycles. The van der Waals surface area contributed by atoms with Crippen LogP contribution in [-0.2, 0) is 0 Å². The molecule has 1 fully saturated rings. The molecule has 0 radical (unpaired) electrons. The van der Waals surface area contributed by atoms with Gasteiger partial charge in [-0.05, 0) is 37.3 Å². The second-order valence-corrected chi connectivity index (χ2v) is 6.32. The average Bonchev–Trinajstić information content (AvgIpc) is 2.46. The van der Waals surface area contributed by atoms with Crippen LogP contribution in [0.4, 0.5) is 0 Å². The van der Waals surface area contributed by atoms with Gasteiger partial charge >= 0.3 is 0 Å². The van der Waals surface area contributed by atoms with Crippen molar-refractivity contribution in [2.45, 2.75) is 40.5 Å². The lowest BCUT2D eigenvalue weighted by molar-refractivity contribution is 0.171. The fourth-order valence-corrected chi connectivity index (χ4v) is 2.62. The van der Waals surface area contributed by atoms with E-state index < -0.39 is 0 Å². The Labute approximate surface area is 95.4 Å². The van der Waals surface area contributed by atoms with Gasteiger partial charge in [0.25, 0.3) is 0 Å². The van der Waals surface area contributed by atoms with E-state index in [9.17, 15) is 0 Å². The first-order valence-corrected chi connectivity index (χ1v) is 6.28. The fraction of sp³-hybridized carbons (Fsp3) is 1.00. The number of likely N-dealkylation sites (tertiary alicyclic amines) is 1. The summed E-state index contributed by atoms with van der Waals surface area (Å²) in [4.78, 5) is 2.64. The lowest BCUT2D eigenvalue weighted by atomic mass is 9.86. The highest BCUT2D eigenvalue weighted by atomic mass is 15.2. The molecule has 90 valence electrons. The minimum atomic E-state index is 0.440. The summed E-state index contributed by atoms with van der Waals surface area (Å²) in [5.74, 6) is 0. The van der Waals surface area contributed by atoms with E-state index in [1.807, 2.05) is 0 Å². The Bertz CT molecular complexity index is 201. The first kappa shape index (κ1) is 13.0. The monoisotopic (exact) mass is 212 g/mol. The van der Waals surface area contributed by atoms with Crippen LogP contribution >= 0.6 is 0 Å². The summed E-state index contributed by atoms with van der Waals surface area (Å²) in [5.41, 5.74) is 0.976. The van der Waals surface area contributed by atoms with Crippen LogP contribution in [0.25, 0.3) is 0 Å². The summed E-state index contributed by atoms with van der Waals surface area (Å²) in [6.07, 6.45) is 2.61. The van der Waals surface area contributed by atoms with Gasteiger partial charge in [0.05, 0.1) is 0 Å². The van der Waals surface area contributed by atoms with E-state index in [4.69, 9.17) is 0 Å². The molecule has 0 aliphatic carbocycles. The molecule has 0 bridgehead atoms. The van der Waals surface area contributed by atoms with Gasteiger partial charge in [-0.25, -0.2) is 0 Å². The molecule has 0 aromatic heterocycles. The average molecular weight is 212 g/mol. The number of rotatable bonds is 5. The van der Waals surface area contributed by atoms with Gasteiger partial charge in [-0.3, -0.25) is 0 Å². The highest BCUT2D eigenvalue weighted by molar-refractivity contribution is 4.87. The number of hydrogen-bond donors (Lipinski definition) is 1. The van der Waals surface area contributed by atoms with Crippen LogP contribution in [0.3, 0.4) is 0 Å². The summed E-state index contributed by atoms with van der Waals surface area (Å²) in [5, 5.41) is 3.33. The van der Waals surface area contributed by atoms with Gasteiger partial charge in [-0.2, -0.15) is 0 Å². The minimum Gasteiger partial charge on any atom is -0.319 e. The molecule has 0 amide bonds. The first-order valence-electron chi connectivity index (χ1n) is 6.28. The molecule has 2 heteroatoms. The predicted molar refractivity (Wildman–Crippen MR) is 67.2 cm³/mol. The van der Waals surface area contributed by atoms with Gasteiger partial charge in [0.2, 0.25) is 0 Å². The molecule has 1 unspecified atom stereocenters. The Hall–Kier alpha value is -0.0800. The van der Waals surface area contributed by atoms with Gasteiger partial charge < -0.3 is 10.2 Å². The Kier molecular flexibility index (Phi) is 4.19. The third kappa shape index (κ3) is 3.76. The van der Waals surface area contributed by atoms with Crippen molar-refractivity contribution in [2.75, 3.05) is 33.2 Å². The van der Waals surface area contributed by atoms with Gasteiger partial charge in [-0.15, -0.1) is 0 Å². The van der Waals surface area contributed by atoms with Crippen LogP contribution in [0, 0.1) is 10.8 Å². The van der Waals surface area contributed by atoms with Crippen molar-refractivity contribution in [1.29, 1.82) is 0 Å². The van der Waals surface area contributed by atoms with E-state index in [1.165, 1.54) is 32.5 Å². The van der Waals surface area contributed by atoms with Gasteiger partial charge in [0.15, 0.2) is 0 Å². The smallest absolute Gasteiger partial charge is 0.00476 e. The van der Waals surface area contributed by atoms with Gasteiger partial charge in [0.1, 0.15) is 0 Å². The standard InChI is InChI=1S/C13H28N2/c1-6-13(4,9-14-5)11-15-8-7-12(2,3)10-15/h14H,6-11H2,1-5H3. The van der Waals surface area contributed by atoms with E-state index in [0.717, 1.165) is 6.54 Å². The highest BCUT2D eigenvalue weighted by Gasteiger charge is 2.33. The van der Waals surface area contributed by atoms with E-state index in [2.05, 4.69) is 45.0 Å². The Morgan fingerprint density at radius 3 is 2.47 bits per heavy atom. The summed E-state index contributed by atoms with van der Waals surface area (Å²) in [6.45, 7) is 14.4. The Balaban J connectivity index is 2.46. The quantitative estimate of drug-likeness (QED) is 0.752. The molecule has 0 spiro atoms. The maximum absolute atomic E-state index is 3.33. The van der Waals surface area contributed by atoms with Crippen molar-refractivity contribution >= 4 is 0 Å². The topological polar surface area (TPSA) is 15.3 Å². The second kappa shape index (κ2) is 4.84. The molecule has 0 saturated carbocycles. The van der Waals surface area contributed by atoms with Gasteiger partial charge in [-0.1, -0.05) is 27.7 Å². The molecule has 2 nitrogen and oxygen atoms in total. The first-order chi connectivity index (χ1) is 6.91. The summed E-state index contributed by atoms with van der Waals surface area (Å²) in [7, 11) is 2.06. The molecule has 1 aliphatic rings. The molecule has 1 heterocycles. The van der Waals surface area contributed by atoms with Crippen LogP contribution in [0.1, 0.15) is 40.5 Å². The molecular formula is C13H28N2.